The van der Waals surface area contributed by atoms with Crippen molar-refractivity contribution in [1.29, 1.82) is 0 Å². The molecule has 15 nitrogen and oxygen atoms in total. The van der Waals surface area contributed by atoms with Gasteiger partial charge >= 0.3 is 71.1 Å². The third-order valence-corrected chi connectivity index (χ3v) is 9.33. The second-order valence-electron chi connectivity index (χ2n) is 9.60. The number of rotatable bonds is 10. The summed E-state index contributed by atoms with van der Waals surface area (Å²) in [5.41, 5.74) is -0.758. The van der Waals surface area contributed by atoms with Gasteiger partial charge in [-0.2, -0.15) is 8.42 Å². The predicted octanol–water partition coefficient (Wildman–Crippen LogP) is -5.23. The summed E-state index contributed by atoms with van der Waals surface area (Å²) in [4.78, 5) is 52.9. The molecule has 0 aliphatic carbocycles. The maximum Gasteiger partial charge on any atom is 1.00 e. The third-order valence-electron chi connectivity index (χ3n) is 5.44. The molecular formula is C21H26N6Na2O9S4. The molecule has 0 saturated carbocycles. The molecule has 2 aromatic rings. The van der Waals surface area contributed by atoms with Crippen molar-refractivity contribution in [2.45, 2.75) is 54.7 Å². The summed E-state index contributed by atoms with van der Waals surface area (Å²) in [6, 6.07) is 2.24. The number of esters is 1. The molecule has 1 saturated heterocycles. The summed E-state index contributed by atoms with van der Waals surface area (Å²) in [5.74, 6) is -5.52. The summed E-state index contributed by atoms with van der Waals surface area (Å²) in [7, 11) is -4.42. The van der Waals surface area contributed by atoms with Crippen molar-refractivity contribution in [2.24, 2.45) is 0 Å². The van der Waals surface area contributed by atoms with Gasteiger partial charge in [-0.15, -0.1) is 28.2 Å². The zero-order valence-electron chi connectivity index (χ0n) is 25.2. The van der Waals surface area contributed by atoms with Crippen molar-refractivity contribution < 1.29 is 104 Å². The summed E-state index contributed by atoms with van der Waals surface area (Å²) in [6.45, 7) is 5.01. The van der Waals surface area contributed by atoms with E-state index >= 15 is 0 Å². The second-order valence-corrected chi connectivity index (χ2v) is 14.0. The number of carbonyl (C=O) groups excluding carboxylic acids is 3. The van der Waals surface area contributed by atoms with Crippen molar-refractivity contribution in [3.8, 4) is 0 Å². The molecule has 21 heteroatoms. The molecule has 2 aromatic heterocycles. The van der Waals surface area contributed by atoms with Gasteiger partial charge in [0.15, 0.2) is 11.8 Å². The minimum atomic E-state index is -4.42. The van der Waals surface area contributed by atoms with Crippen molar-refractivity contribution in [3.63, 3.8) is 0 Å². The van der Waals surface area contributed by atoms with Crippen molar-refractivity contribution in [3.05, 3.63) is 33.7 Å². The number of fused-ring (bicyclic) bond motifs is 1. The molecule has 2 unspecified atom stereocenters. The Hall–Kier alpha value is -1.00. The van der Waals surface area contributed by atoms with E-state index in [1.807, 2.05) is 0 Å². The molecule has 4 rings (SSSR count). The summed E-state index contributed by atoms with van der Waals surface area (Å²) in [6.07, 6.45) is 0. The number of aromatic nitrogens is 4. The maximum absolute atomic E-state index is 13.2. The minimum absolute atomic E-state index is 0. The third kappa shape index (κ3) is 8.80. The number of carboxylic acid groups (broad SMARTS) is 1. The average molecular weight is 681 g/mol. The van der Waals surface area contributed by atoms with Crippen LogP contribution >= 0.6 is 34.9 Å². The number of β-lactam (4-membered cyclic amide) rings is 1. The number of carboxylic acids is 1. The van der Waals surface area contributed by atoms with E-state index in [-0.39, 0.29) is 84.3 Å². The van der Waals surface area contributed by atoms with Crippen LogP contribution in [0.3, 0.4) is 0 Å². The van der Waals surface area contributed by atoms with E-state index in [1.54, 1.807) is 38.3 Å². The number of carbonyl (C=O) groups is 4. The summed E-state index contributed by atoms with van der Waals surface area (Å²) < 4.78 is 37.7. The Balaban J connectivity index is 0.00000462. The molecule has 1 fully saturated rings. The fraction of sp³-hybridized carbons (Fsp3) is 0.476. The Morgan fingerprint density at radius 3 is 2.57 bits per heavy atom. The van der Waals surface area contributed by atoms with Crippen molar-refractivity contribution >= 4 is 68.7 Å². The fourth-order valence-electron chi connectivity index (χ4n) is 3.89. The normalized spacial score (nSPS) is 19.0. The first-order valence-electron chi connectivity index (χ1n) is 11.5. The molecule has 0 aromatic carbocycles. The molecule has 0 bridgehead atoms. The van der Waals surface area contributed by atoms with Crippen LogP contribution in [0.15, 0.2) is 33.9 Å². The first kappa shape index (κ1) is 37.2. The van der Waals surface area contributed by atoms with Gasteiger partial charge in [-0.1, -0.05) is 17.8 Å². The molecule has 3 N–H and O–H groups in total. The average Bonchev–Trinajstić information content (AvgIpc) is 3.50. The quantitative estimate of drug-likeness (QED) is 0.0535. The van der Waals surface area contributed by atoms with E-state index in [0.717, 1.165) is 21.3 Å². The number of hydrogen-bond donors (Lipinski definition) is 3. The summed E-state index contributed by atoms with van der Waals surface area (Å²) >= 11 is 3.34. The van der Waals surface area contributed by atoms with E-state index in [1.165, 1.54) is 23.1 Å². The van der Waals surface area contributed by atoms with E-state index in [4.69, 9.17) is 9.29 Å². The fourth-order valence-corrected chi connectivity index (χ4v) is 7.62. The number of thiophene rings is 1. The van der Waals surface area contributed by atoms with Crippen LogP contribution in [-0.2, 0) is 39.9 Å². The zero-order chi connectivity index (χ0) is 29.4. The van der Waals surface area contributed by atoms with Crippen LogP contribution in [0.4, 0.5) is 0 Å². The topological polar surface area (TPSA) is 211 Å². The predicted molar refractivity (Wildman–Crippen MR) is 145 cm³/mol. The maximum atomic E-state index is 13.2. The largest absolute Gasteiger partial charge is 1.00 e. The Morgan fingerprint density at radius 2 is 2.00 bits per heavy atom. The Kier molecular flexibility index (Phi) is 13.2. The number of thioether (sulfide) groups is 2. The van der Waals surface area contributed by atoms with Crippen LogP contribution in [0.1, 0.15) is 34.4 Å². The van der Waals surface area contributed by atoms with Crippen molar-refractivity contribution in [1.82, 2.24) is 30.4 Å². The number of ether oxygens (including phenoxy) is 1. The van der Waals surface area contributed by atoms with Crippen LogP contribution in [0.25, 0.3) is 0 Å². The molecule has 0 spiro atoms. The second kappa shape index (κ2) is 14.9. The molecule has 42 heavy (non-hydrogen) atoms. The number of amides is 2. The Bertz CT molecular complexity index is 1490. The molecule has 2 aliphatic rings. The standard InChI is InChI=1S/C21H24N6O9S4.2Na.2H/c1-21(2,3)36-19(32)12(11-5-4-6-37-11)15(28)22-13-16(29)27-14(18(30)31)10(7-38-17(13)27)8-39-20-23-24-25-26(20)9-40(33,34)35;;;;/h4-6,12-13,17H,7-9H2,1-3H3,(H,22,28)(H,30,31)(H,33,34,35);;;;/q;2*+1;2*-1/t12?,13?,17-;;;;/m1..../s1. The first-order chi connectivity index (χ1) is 18.7. The Morgan fingerprint density at radius 1 is 1.31 bits per heavy atom. The molecule has 2 amide bonds. The molecule has 220 valence electrons. The van der Waals surface area contributed by atoms with Gasteiger partial charge in [0.25, 0.3) is 16.0 Å². The number of nitrogens with zero attached hydrogens (tertiary/aromatic N) is 5. The van der Waals surface area contributed by atoms with Crippen LogP contribution in [-0.4, -0.2) is 95.5 Å². The number of tetrazole rings is 1. The Labute approximate surface area is 300 Å². The monoisotopic (exact) mass is 680 g/mol. The van der Waals surface area contributed by atoms with Crippen molar-refractivity contribution in [2.75, 3.05) is 11.5 Å². The van der Waals surface area contributed by atoms with Gasteiger partial charge in [-0.05, 0) is 48.2 Å². The SMILES string of the molecule is CC(C)(C)OC(=O)C(C(=O)NC1C(=O)N2C(C(=O)O)=C(CSc3nnnn3CS(=O)(=O)O)CS[C@H]12)c1cccs1.[H-].[H-].[Na+].[Na+]. The smallest absolute Gasteiger partial charge is 1.00 e. The molecule has 0 radical (unpaired) electrons. The first-order valence-corrected chi connectivity index (χ1v) is 16.0. The summed E-state index contributed by atoms with van der Waals surface area (Å²) in [5, 5.41) is 24.1. The van der Waals surface area contributed by atoms with Gasteiger partial charge in [0.05, 0.1) is 0 Å². The molecule has 4 heterocycles. The number of nitrogens with one attached hydrogen (secondary N) is 1. The minimum Gasteiger partial charge on any atom is -1.00 e. The van der Waals surface area contributed by atoms with Crippen LogP contribution in [0.5, 0.6) is 0 Å². The van der Waals surface area contributed by atoms with Crippen LogP contribution in [0, 0.1) is 0 Å². The molecule has 2 aliphatic heterocycles. The van der Waals surface area contributed by atoms with E-state index in [0.29, 0.717) is 10.5 Å². The van der Waals surface area contributed by atoms with E-state index in [2.05, 4.69) is 20.8 Å². The molecule has 3 atom stereocenters. The van der Waals surface area contributed by atoms with Gasteiger partial charge in [0.2, 0.25) is 11.1 Å². The zero-order valence-corrected chi connectivity index (χ0v) is 30.5. The number of hydrogen-bond acceptors (Lipinski definition) is 13. The van der Waals surface area contributed by atoms with Gasteiger partial charge in [-0.3, -0.25) is 23.8 Å². The van der Waals surface area contributed by atoms with Crippen LogP contribution in [0.2, 0.25) is 0 Å². The van der Waals surface area contributed by atoms with E-state index < -0.39 is 62.7 Å². The van der Waals surface area contributed by atoms with Gasteiger partial charge in [-0.25, -0.2) is 9.48 Å². The van der Waals surface area contributed by atoms with Gasteiger partial charge in [0, 0.05) is 16.4 Å². The molecular weight excluding hydrogens is 655 g/mol. The van der Waals surface area contributed by atoms with Crippen LogP contribution < -0.4 is 64.4 Å². The van der Waals surface area contributed by atoms with Gasteiger partial charge < -0.3 is 18.0 Å². The van der Waals surface area contributed by atoms with Gasteiger partial charge in [0.1, 0.15) is 22.7 Å². The van der Waals surface area contributed by atoms with E-state index in [9.17, 15) is 32.7 Å². The number of aliphatic carboxylic acids is 1.